The van der Waals surface area contributed by atoms with Crippen LogP contribution < -0.4 is 15.9 Å². The molecule has 1 unspecified atom stereocenters. The standard InChI is InChI=1S/C11H14BNO5.C2H6/c13-9(11(14)15)6-7-2-1-3-8-10(7)17-4-5-18-12(8)16;1-2/h1-3,9,16H,4-6,13H2,(H,14,15);1-2H3. The van der Waals surface area contributed by atoms with E-state index in [0.717, 1.165) is 0 Å². The number of hydrogen-bond acceptors (Lipinski definition) is 5. The van der Waals surface area contributed by atoms with Crippen LogP contribution in [-0.4, -0.2) is 42.5 Å². The first-order valence-corrected chi connectivity index (χ1v) is 6.62. The lowest BCUT2D eigenvalue weighted by atomic mass is 9.77. The third kappa shape index (κ3) is 3.96. The van der Waals surface area contributed by atoms with Crippen LogP contribution in [0.5, 0.6) is 5.75 Å². The molecule has 4 N–H and O–H groups in total. The minimum Gasteiger partial charge on any atom is -0.491 e. The topological polar surface area (TPSA) is 102 Å². The fourth-order valence-electron chi connectivity index (χ4n) is 1.85. The summed E-state index contributed by atoms with van der Waals surface area (Å²) in [4.78, 5) is 10.8. The first-order valence-electron chi connectivity index (χ1n) is 6.62. The maximum absolute atomic E-state index is 10.8. The molecule has 0 aliphatic carbocycles. The average molecular weight is 281 g/mol. The molecule has 0 saturated heterocycles. The van der Waals surface area contributed by atoms with Crippen LogP contribution in [0.25, 0.3) is 0 Å². The number of carboxylic acid groups (broad SMARTS) is 1. The first-order chi connectivity index (χ1) is 9.59. The zero-order valence-electron chi connectivity index (χ0n) is 11.7. The van der Waals surface area contributed by atoms with Crippen LogP contribution in [0, 0.1) is 0 Å². The highest BCUT2D eigenvalue weighted by molar-refractivity contribution is 6.61. The molecule has 1 aliphatic heterocycles. The van der Waals surface area contributed by atoms with Gasteiger partial charge in [0.25, 0.3) is 0 Å². The van der Waals surface area contributed by atoms with Crippen molar-refractivity contribution in [3.63, 3.8) is 0 Å². The Hall–Kier alpha value is -1.57. The van der Waals surface area contributed by atoms with E-state index >= 15 is 0 Å². The molecule has 0 spiro atoms. The van der Waals surface area contributed by atoms with Gasteiger partial charge in [0, 0.05) is 11.9 Å². The summed E-state index contributed by atoms with van der Waals surface area (Å²) in [5.74, 6) is -0.600. The third-order valence-electron chi connectivity index (χ3n) is 2.76. The number of carboxylic acids is 1. The first kappa shape index (κ1) is 16.5. The van der Waals surface area contributed by atoms with Gasteiger partial charge in [-0.25, -0.2) is 0 Å². The van der Waals surface area contributed by atoms with Crippen LogP contribution in [0.3, 0.4) is 0 Å². The molecular weight excluding hydrogens is 261 g/mol. The minimum absolute atomic E-state index is 0.144. The van der Waals surface area contributed by atoms with Crippen molar-refractivity contribution in [1.82, 2.24) is 0 Å². The predicted molar refractivity (Wildman–Crippen MR) is 76.2 cm³/mol. The van der Waals surface area contributed by atoms with Crippen molar-refractivity contribution in [3.05, 3.63) is 23.8 Å². The Balaban J connectivity index is 0.000000956. The summed E-state index contributed by atoms with van der Waals surface area (Å²) < 4.78 is 10.6. The number of aliphatic carboxylic acids is 1. The van der Waals surface area contributed by atoms with Crippen molar-refractivity contribution in [2.45, 2.75) is 26.3 Å². The van der Waals surface area contributed by atoms with E-state index in [-0.39, 0.29) is 13.0 Å². The van der Waals surface area contributed by atoms with Crippen molar-refractivity contribution >= 4 is 18.6 Å². The number of rotatable bonds is 3. The van der Waals surface area contributed by atoms with Gasteiger partial charge in [-0.1, -0.05) is 32.0 Å². The highest BCUT2D eigenvalue weighted by atomic mass is 16.6. The molecule has 7 heteroatoms. The van der Waals surface area contributed by atoms with Crippen molar-refractivity contribution < 1.29 is 24.3 Å². The second kappa shape index (κ2) is 7.89. The zero-order chi connectivity index (χ0) is 15.1. The molecule has 1 atom stereocenters. The van der Waals surface area contributed by atoms with Gasteiger partial charge in [-0.15, -0.1) is 0 Å². The molecule has 0 fully saturated rings. The normalized spacial score (nSPS) is 15.1. The number of para-hydroxylation sites is 1. The van der Waals surface area contributed by atoms with Crippen LogP contribution in [0.1, 0.15) is 19.4 Å². The Labute approximate surface area is 118 Å². The molecular formula is C13H20BNO5. The largest absolute Gasteiger partial charge is 0.495 e. The van der Waals surface area contributed by atoms with Gasteiger partial charge in [-0.3, -0.25) is 4.79 Å². The maximum Gasteiger partial charge on any atom is 0.495 e. The van der Waals surface area contributed by atoms with Gasteiger partial charge in [0.15, 0.2) is 0 Å². The number of ether oxygens (including phenoxy) is 1. The fourth-order valence-corrected chi connectivity index (χ4v) is 1.85. The molecule has 110 valence electrons. The number of hydrogen-bond donors (Lipinski definition) is 3. The van der Waals surface area contributed by atoms with E-state index in [2.05, 4.69) is 0 Å². The summed E-state index contributed by atoms with van der Waals surface area (Å²) in [6.45, 7) is 4.59. The number of fused-ring (bicyclic) bond motifs is 1. The maximum atomic E-state index is 10.8. The molecule has 0 saturated carbocycles. The van der Waals surface area contributed by atoms with Crippen LogP contribution in [0.4, 0.5) is 0 Å². The van der Waals surface area contributed by atoms with Gasteiger partial charge >= 0.3 is 13.1 Å². The Morgan fingerprint density at radius 3 is 2.80 bits per heavy atom. The summed E-state index contributed by atoms with van der Waals surface area (Å²) >= 11 is 0. The van der Waals surface area contributed by atoms with E-state index in [0.29, 0.717) is 23.4 Å². The molecule has 1 aromatic carbocycles. The highest BCUT2D eigenvalue weighted by Gasteiger charge is 2.27. The summed E-state index contributed by atoms with van der Waals surface area (Å²) in [6.07, 6.45) is 0.144. The van der Waals surface area contributed by atoms with Gasteiger partial charge in [-0.2, -0.15) is 0 Å². The fraction of sp³-hybridized carbons (Fsp3) is 0.462. The Morgan fingerprint density at radius 2 is 2.15 bits per heavy atom. The predicted octanol–water partition coefficient (Wildman–Crippen LogP) is -0.236. The minimum atomic E-state index is -1.07. The lowest BCUT2D eigenvalue weighted by Crippen LogP contribution is -2.35. The molecule has 2 rings (SSSR count). The smallest absolute Gasteiger partial charge is 0.491 e. The van der Waals surface area contributed by atoms with Gasteiger partial charge < -0.3 is 25.3 Å². The van der Waals surface area contributed by atoms with Crippen LogP contribution in [-0.2, 0) is 15.9 Å². The van der Waals surface area contributed by atoms with Gasteiger partial charge in [0.05, 0.1) is 6.61 Å². The number of nitrogens with two attached hydrogens (primary N) is 1. The highest BCUT2D eigenvalue weighted by Crippen LogP contribution is 2.20. The number of carbonyl (C=O) groups is 1. The van der Waals surface area contributed by atoms with Crippen LogP contribution in [0.15, 0.2) is 18.2 Å². The lowest BCUT2D eigenvalue weighted by molar-refractivity contribution is -0.138. The molecule has 0 amide bonds. The summed E-state index contributed by atoms with van der Waals surface area (Å²) in [6, 6.07) is 4.13. The summed E-state index contributed by atoms with van der Waals surface area (Å²) in [7, 11) is -1.05. The molecule has 1 aliphatic rings. The van der Waals surface area contributed by atoms with Gasteiger partial charge in [0.2, 0.25) is 0 Å². The van der Waals surface area contributed by atoms with Crippen molar-refractivity contribution in [2.75, 3.05) is 13.2 Å². The molecule has 0 aromatic heterocycles. The second-order valence-electron chi connectivity index (χ2n) is 4.06. The molecule has 6 nitrogen and oxygen atoms in total. The van der Waals surface area contributed by atoms with Crippen molar-refractivity contribution in [3.8, 4) is 5.75 Å². The van der Waals surface area contributed by atoms with Crippen molar-refractivity contribution in [1.29, 1.82) is 0 Å². The van der Waals surface area contributed by atoms with Gasteiger partial charge in [0.1, 0.15) is 18.4 Å². The SMILES string of the molecule is CC.NC(Cc1cccc2c1OCCOB2O)C(=O)O. The van der Waals surface area contributed by atoms with Crippen molar-refractivity contribution in [2.24, 2.45) is 5.73 Å². The molecule has 1 aromatic rings. The van der Waals surface area contributed by atoms with E-state index in [9.17, 15) is 9.82 Å². The summed E-state index contributed by atoms with van der Waals surface area (Å²) in [5.41, 5.74) is 6.67. The van der Waals surface area contributed by atoms with E-state index in [1.165, 1.54) is 0 Å². The van der Waals surface area contributed by atoms with E-state index in [1.54, 1.807) is 18.2 Å². The average Bonchev–Trinajstić information content (AvgIpc) is 2.64. The Bertz CT molecular complexity index is 454. The van der Waals surface area contributed by atoms with E-state index < -0.39 is 19.1 Å². The lowest BCUT2D eigenvalue weighted by Gasteiger charge is -2.14. The number of benzene rings is 1. The Kier molecular flexibility index (Phi) is 6.50. The monoisotopic (exact) mass is 281 g/mol. The quantitative estimate of drug-likeness (QED) is 0.661. The van der Waals surface area contributed by atoms with Gasteiger partial charge in [-0.05, 0) is 5.56 Å². The Morgan fingerprint density at radius 1 is 1.45 bits per heavy atom. The summed E-state index contributed by atoms with van der Waals surface area (Å²) in [5, 5.41) is 18.6. The van der Waals surface area contributed by atoms with Crippen LogP contribution in [0.2, 0.25) is 0 Å². The molecule has 0 bridgehead atoms. The zero-order valence-corrected chi connectivity index (χ0v) is 11.7. The van der Waals surface area contributed by atoms with E-state index in [4.69, 9.17) is 20.2 Å². The molecule has 20 heavy (non-hydrogen) atoms. The molecule has 0 radical (unpaired) electrons. The van der Waals surface area contributed by atoms with Crippen LogP contribution >= 0.6 is 0 Å². The molecule has 1 heterocycles. The van der Waals surface area contributed by atoms with E-state index in [1.807, 2.05) is 13.8 Å². The third-order valence-corrected chi connectivity index (χ3v) is 2.76. The second-order valence-corrected chi connectivity index (χ2v) is 4.06.